The van der Waals surface area contributed by atoms with E-state index in [1.807, 2.05) is 0 Å². The molecular weight excluding hydrogens is 965 g/mol. The molecule has 0 atom stereocenters. The topological polar surface area (TPSA) is 6.48 Å². The van der Waals surface area contributed by atoms with Crippen molar-refractivity contribution in [1.82, 2.24) is 0 Å². The second-order valence-corrected chi connectivity index (χ2v) is 25.7. The van der Waals surface area contributed by atoms with Gasteiger partial charge in [-0.15, -0.1) is 0 Å². The Bertz CT molecular complexity index is 4420. The summed E-state index contributed by atoms with van der Waals surface area (Å²) in [5, 5.41) is 9.73. The van der Waals surface area contributed by atoms with Gasteiger partial charge >= 0.3 is 0 Å². The zero-order valence-electron chi connectivity index (χ0n) is 47.8. The van der Waals surface area contributed by atoms with E-state index in [0.717, 1.165) is 22.7 Å². The molecule has 0 radical (unpaired) electrons. The fraction of sp³-hybridized carbons (Fsp3) is 0.179. The zero-order chi connectivity index (χ0) is 55.0. The SMILES string of the molecule is CC(C)(C)c1ccc2c(c1)C(C)(C)c1c(-c3ccc(N(c4cccc5ccccc45)c4cccc5ccccc45)c4c3C(C)(C)c3cc(C(C)(C)C)ccc3-4)ccc(N(c3ccc4ccccc4c3)c3cccc4ccccc34)c1-2. The average Bonchev–Trinajstić information content (AvgIpc) is 2.72. The third-order valence-electron chi connectivity index (χ3n) is 18.1. The number of rotatable bonds is 7. The minimum atomic E-state index is -0.388. The van der Waals surface area contributed by atoms with Gasteiger partial charge in [0, 0.05) is 43.8 Å². The molecule has 0 aromatic heterocycles. The molecule has 0 fully saturated rings. The Morgan fingerprint density at radius 2 is 0.650 bits per heavy atom. The summed E-state index contributed by atoms with van der Waals surface area (Å²) >= 11 is 0. The quantitative estimate of drug-likeness (QED) is 0.157. The van der Waals surface area contributed by atoms with Crippen LogP contribution >= 0.6 is 0 Å². The summed E-state index contributed by atoms with van der Waals surface area (Å²) < 4.78 is 0. The lowest BCUT2D eigenvalue weighted by molar-refractivity contribution is 0.584. The highest BCUT2D eigenvalue weighted by Gasteiger charge is 2.45. The van der Waals surface area contributed by atoms with Gasteiger partial charge in [-0.25, -0.2) is 0 Å². The molecule has 14 rings (SSSR count). The number of fused-ring (bicyclic) bond motifs is 10. The van der Waals surface area contributed by atoms with Crippen LogP contribution in [0.1, 0.15) is 103 Å². The monoisotopic (exact) mass is 1030 g/mol. The van der Waals surface area contributed by atoms with E-state index in [2.05, 4.69) is 310 Å². The zero-order valence-corrected chi connectivity index (χ0v) is 47.8. The van der Waals surface area contributed by atoms with Crippen molar-refractivity contribution in [3.8, 4) is 33.4 Å². The van der Waals surface area contributed by atoms with Gasteiger partial charge in [0.1, 0.15) is 0 Å². The van der Waals surface area contributed by atoms with Crippen LogP contribution in [0, 0.1) is 0 Å². The lowest BCUT2D eigenvalue weighted by atomic mass is 9.73. The van der Waals surface area contributed by atoms with E-state index in [9.17, 15) is 0 Å². The highest BCUT2D eigenvalue weighted by atomic mass is 15.2. The first-order valence-electron chi connectivity index (χ1n) is 28.7. The molecule has 2 aliphatic carbocycles. The van der Waals surface area contributed by atoms with Crippen molar-refractivity contribution in [2.24, 2.45) is 0 Å². The van der Waals surface area contributed by atoms with Crippen LogP contribution in [-0.4, -0.2) is 0 Å². The van der Waals surface area contributed by atoms with Gasteiger partial charge in [-0.05, 0) is 136 Å². The fourth-order valence-corrected chi connectivity index (χ4v) is 13.9. The number of benzene rings is 12. The van der Waals surface area contributed by atoms with Crippen molar-refractivity contribution in [3.63, 3.8) is 0 Å². The summed E-state index contributed by atoms with van der Waals surface area (Å²) in [6, 6.07) is 87.4. The molecule has 2 aliphatic rings. The molecule has 0 aliphatic heterocycles. The summed E-state index contributed by atoms with van der Waals surface area (Å²) in [4.78, 5) is 5.15. The van der Waals surface area contributed by atoms with E-state index in [1.54, 1.807) is 0 Å². The summed E-state index contributed by atoms with van der Waals surface area (Å²) in [5.41, 5.74) is 22.0. The molecule has 12 aromatic carbocycles. The smallest absolute Gasteiger partial charge is 0.0544 e. The van der Waals surface area contributed by atoms with Crippen LogP contribution in [-0.2, 0) is 21.7 Å². The van der Waals surface area contributed by atoms with Crippen molar-refractivity contribution in [1.29, 1.82) is 0 Å². The molecule has 0 saturated carbocycles. The van der Waals surface area contributed by atoms with E-state index in [0.29, 0.717) is 0 Å². The molecule has 80 heavy (non-hydrogen) atoms. The summed E-state index contributed by atoms with van der Waals surface area (Å²) in [6.07, 6.45) is 0. The minimum absolute atomic E-state index is 0.0377. The Kier molecular flexibility index (Phi) is 11.1. The fourth-order valence-electron chi connectivity index (χ4n) is 13.9. The van der Waals surface area contributed by atoms with Crippen LogP contribution in [0.5, 0.6) is 0 Å². The number of anilines is 6. The van der Waals surface area contributed by atoms with Crippen LogP contribution in [0.3, 0.4) is 0 Å². The first-order valence-corrected chi connectivity index (χ1v) is 28.7. The Labute approximate surface area is 472 Å². The third kappa shape index (κ3) is 7.59. The van der Waals surface area contributed by atoms with Gasteiger partial charge in [-0.3, -0.25) is 0 Å². The Morgan fingerprint density at radius 1 is 0.287 bits per heavy atom. The Hall–Kier alpha value is -8.72. The second-order valence-electron chi connectivity index (χ2n) is 25.7. The summed E-state index contributed by atoms with van der Waals surface area (Å²) in [6.45, 7) is 24.0. The molecule has 0 saturated heterocycles. The van der Waals surface area contributed by atoms with Crippen molar-refractivity contribution >= 4 is 77.2 Å². The molecule has 0 spiro atoms. The third-order valence-corrected chi connectivity index (χ3v) is 18.1. The summed E-state index contributed by atoms with van der Waals surface area (Å²) in [7, 11) is 0. The van der Waals surface area contributed by atoms with Crippen molar-refractivity contribution in [3.05, 3.63) is 264 Å². The molecule has 2 nitrogen and oxygen atoms in total. The van der Waals surface area contributed by atoms with Crippen molar-refractivity contribution in [2.75, 3.05) is 9.80 Å². The largest absolute Gasteiger partial charge is 0.309 e. The molecule has 0 N–H and O–H groups in total. The highest BCUT2D eigenvalue weighted by molar-refractivity contribution is 6.10. The Balaban J connectivity index is 1.10. The van der Waals surface area contributed by atoms with Crippen LogP contribution in [0.25, 0.3) is 76.5 Å². The molecule has 2 heteroatoms. The van der Waals surface area contributed by atoms with Crippen LogP contribution in [0.2, 0.25) is 0 Å². The van der Waals surface area contributed by atoms with Crippen LogP contribution in [0.4, 0.5) is 34.1 Å². The molecule has 0 heterocycles. The average molecular weight is 1030 g/mol. The standard InChI is InChI=1S/C78H68N2/c1-75(2,3)54-37-40-62-64(47-54)77(7,8)73-60(42-44-69(71(62)73)79(56-39-36-49-22-11-12-26-53(49)46-56)66-33-19-27-50-23-13-16-30-57(50)66)61-43-45-70(72-63-41-38-55(76(4,5)6)48-65(63)78(9,10)74(61)72)80(67-34-20-28-51-24-14-17-31-58(51)67)68-35-21-29-52-25-15-18-32-59(52)68/h11-48H,1-10H3. The molecule has 0 amide bonds. The van der Waals surface area contributed by atoms with Gasteiger partial charge < -0.3 is 9.80 Å². The van der Waals surface area contributed by atoms with Gasteiger partial charge in [0.25, 0.3) is 0 Å². The van der Waals surface area contributed by atoms with Gasteiger partial charge in [0.05, 0.1) is 28.4 Å². The van der Waals surface area contributed by atoms with Gasteiger partial charge in [-0.1, -0.05) is 257 Å². The Morgan fingerprint density at radius 3 is 1.09 bits per heavy atom. The maximum Gasteiger partial charge on any atom is 0.0544 e. The molecular formula is C78H68N2. The van der Waals surface area contributed by atoms with E-state index in [-0.39, 0.29) is 21.7 Å². The van der Waals surface area contributed by atoms with Crippen LogP contribution in [0.15, 0.2) is 231 Å². The normalized spacial score (nSPS) is 14.1. The lowest BCUT2D eigenvalue weighted by Crippen LogP contribution is -2.21. The van der Waals surface area contributed by atoms with Crippen molar-refractivity contribution in [2.45, 2.75) is 90.9 Å². The van der Waals surface area contributed by atoms with E-state index < -0.39 is 0 Å². The van der Waals surface area contributed by atoms with E-state index in [4.69, 9.17) is 0 Å². The number of hydrogen-bond donors (Lipinski definition) is 0. The summed E-state index contributed by atoms with van der Waals surface area (Å²) in [5.74, 6) is 0. The second kappa shape index (κ2) is 17.9. The molecule has 390 valence electrons. The van der Waals surface area contributed by atoms with E-state index >= 15 is 0 Å². The van der Waals surface area contributed by atoms with E-state index in [1.165, 1.54) is 121 Å². The maximum atomic E-state index is 2.59. The molecule has 0 unspecified atom stereocenters. The maximum absolute atomic E-state index is 2.59. The number of hydrogen-bond acceptors (Lipinski definition) is 2. The first kappa shape index (κ1) is 49.6. The number of nitrogens with zero attached hydrogens (tertiary/aromatic N) is 2. The van der Waals surface area contributed by atoms with Crippen molar-refractivity contribution < 1.29 is 0 Å². The molecule has 0 bridgehead atoms. The highest BCUT2D eigenvalue weighted by Crippen LogP contribution is 2.63. The van der Waals surface area contributed by atoms with Gasteiger partial charge in [-0.2, -0.15) is 0 Å². The van der Waals surface area contributed by atoms with Gasteiger partial charge in [0.15, 0.2) is 0 Å². The predicted molar refractivity (Wildman–Crippen MR) is 344 cm³/mol. The lowest BCUT2D eigenvalue weighted by Gasteiger charge is -2.34. The van der Waals surface area contributed by atoms with Crippen LogP contribution < -0.4 is 9.80 Å². The van der Waals surface area contributed by atoms with Gasteiger partial charge in [0.2, 0.25) is 0 Å². The predicted octanol–water partition coefficient (Wildman–Crippen LogP) is 22.1. The molecule has 12 aromatic rings. The minimum Gasteiger partial charge on any atom is -0.309 e. The first-order chi connectivity index (χ1) is 38.5.